The number of aromatic nitrogens is 2. The lowest BCUT2D eigenvalue weighted by Gasteiger charge is -2.22. The molecule has 0 aliphatic rings. The highest BCUT2D eigenvalue weighted by molar-refractivity contribution is 6.28. The quantitative estimate of drug-likeness (QED) is 0.662. The summed E-state index contributed by atoms with van der Waals surface area (Å²) in [5.41, 5.74) is 0.754. The van der Waals surface area contributed by atoms with Gasteiger partial charge in [-0.25, -0.2) is 9.97 Å². The van der Waals surface area contributed by atoms with Crippen LogP contribution < -0.4 is 5.32 Å². The van der Waals surface area contributed by atoms with Gasteiger partial charge in [0.25, 0.3) is 0 Å². The molecule has 1 rings (SSSR count). The largest absolute Gasteiger partial charge is 0.501 e. The Labute approximate surface area is 107 Å². The van der Waals surface area contributed by atoms with Gasteiger partial charge in [0.2, 0.25) is 5.28 Å². The summed E-state index contributed by atoms with van der Waals surface area (Å²) in [5.74, 6) is 0.702. The molecule has 0 aromatic carbocycles. The second-order valence-electron chi connectivity index (χ2n) is 4.58. The minimum absolute atomic E-state index is 0.0914. The van der Waals surface area contributed by atoms with Crippen LogP contribution >= 0.6 is 11.6 Å². The molecule has 1 N–H and O–H groups in total. The van der Waals surface area contributed by atoms with Gasteiger partial charge in [-0.2, -0.15) is 0 Å². The molecule has 4 nitrogen and oxygen atoms in total. The Morgan fingerprint density at radius 3 is 2.76 bits per heavy atom. The topological polar surface area (TPSA) is 47.0 Å². The molecule has 0 saturated carbocycles. The van der Waals surface area contributed by atoms with Crippen molar-refractivity contribution in [1.82, 2.24) is 9.97 Å². The first-order chi connectivity index (χ1) is 7.92. The summed E-state index contributed by atoms with van der Waals surface area (Å²) in [6.45, 7) is 8.72. The number of hydrogen-bond acceptors (Lipinski definition) is 4. The third-order valence-corrected chi connectivity index (χ3v) is 1.97. The molecular formula is C12H18ClN3O. The van der Waals surface area contributed by atoms with Gasteiger partial charge in [0.1, 0.15) is 5.82 Å². The van der Waals surface area contributed by atoms with Gasteiger partial charge in [-0.05, 0) is 45.4 Å². The number of nitrogens with zero attached hydrogens (tertiary/aromatic N) is 2. The molecule has 17 heavy (non-hydrogen) atoms. The smallest absolute Gasteiger partial charge is 0.224 e. The van der Waals surface area contributed by atoms with Crippen molar-refractivity contribution >= 4 is 23.5 Å². The zero-order chi connectivity index (χ0) is 12.9. The van der Waals surface area contributed by atoms with E-state index >= 15 is 0 Å². The highest BCUT2D eigenvalue weighted by Gasteiger charge is 2.13. The molecule has 0 bridgehead atoms. The highest BCUT2D eigenvalue weighted by Crippen LogP contribution is 2.19. The molecular weight excluding hydrogens is 238 g/mol. The van der Waals surface area contributed by atoms with Gasteiger partial charge >= 0.3 is 0 Å². The maximum Gasteiger partial charge on any atom is 0.224 e. The molecule has 94 valence electrons. The maximum absolute atomic E-state index is 5.79. The van der Waals surface area contributed by atoms with Crippen LogP contribution in [0.5, 0.6) is 0 Å². The first-order valence-electron chi connectivity index (χ1n) is 5.51. The van der Waals surface area contributed by atoms with E-state index in [1.54, 1.807) is 12.5 Å². The molecule has 1 heterocycles. The Kier molecular flexibility index (Phi) is 4.75. The fraction of sp³-hybridized carbons (Fsp3) is 0.500. The Morgan fingerprint density at radius 2 is 2.18 bits per heavy atom. The number of rotatable bonds is 4. The van der Waals surface area contributed by atoms with Gasteiger partial charge in [-0.3, -0.25) is 0 Å². The summed E-state index contributed by atoms with van der Waals surface area (Å²) < 4.78 is 5.16. The lowest BCUT2D eigenvalue weighted by Crippen LogP contribution is -2.27. The number of hydrogen-bond donors (Lipinski definition) is 1. The molecule has 0 fully saturated rings. The zero-order valence-electron chi connectivity index (χ0n) is 10.6. The predicted molar refractivity (Wildman–Crippen MR) is 71.1 cm³/mol. The van der Waals surface area contributed by atoms with E-state index in [4.69, 9.17) is 16.3 Å². The maximum atomic E-state index is 5.79. The van der Waals surface area contributed by atoms with Crippen molar-refractivity contribution in [3.63, 3.8) is 0 Å². The summed E-state index contributed by atoms with van der Waals surface area (Å²) >= 11 is 5.79. The van der Waals surface area contributed by atoms with Crippen molar-refractivity contribution in [2.45, 2.75) is 33.2 Å². The Hall–Kier alpha value is -1.29. The average molecular weight is 256 g/mol. The van der Waals surface area contributed by atoms with Crippen LogP contribution in [0.4, 0.5) is 5.82 Å². The first-order valence-corrected chi connectivity index (χ1v) is 5.89. The third-order valence-electron chi connectivity index (χ3n) is 1.79. The fourth-order valence-electron chi connectivity index (χ4n) is 1.16. The number of nitrogens with one attached hydrogen (secondary N) is 1. The minimum Gasteiger partial charge on any atom is -0.501 e. The second kappa shape index (κ2) is 5.87. The summed E-state index contributed by atoms with van der Waals surface area (Å²) in [5, 5.41) is 3.50. The summed E-state index contributed by atoms with van der Waals surface area (Å²) in [6, 6.07) is 0. The van der Waals surface area contributed by atoms with Gasteiger partial charge in [0, 0.05) is 17.3 Å². The average Bonchev–Trinajstić information content (AvgIpc) is 2.19. The molecule has 0 unspecified atom stereocenters. The van der Waals surface area contributed by atoms with E-state index in [0.29, 0.717) is 12.4 Å². The summed E-state index contributed by atoms with van der Waals surface area (Å²) in [7, 11) is 0. The van der Waals surface area contributed by atoms with E-state index in [2.05, 4.69) is 36.1 Å². The molecule has 0 aliphatic carbocycles. The normalized spacial score (nSPS) is 11.8. The lowest BCUT2D eigenvalue weighted by molar-refractivity contribution is 0.272. The molecule has 0 saturated heterocycles. The molecule has 0 atom stereocenters. The monoisotopic (exact) mass is 255 g/mol. The fourth-order valence-corrected chi connectivity index (χ4v) is 1.30. The van der Waals surface area contributed by atoms with Crippen molar-refractivity contribution in [3.05, 3.63) is 23.3 Å². The minimum atomic E-state index is -0.0914. The number of anilines is 1. The molecule has 1 aromatic rings. The van der Waals surface area contributed by atoms with E-state index in [-0.39, 0.29) is 10.8 Å². The van der Waals surface area contributed by atoms with E-state index in [0.717, 1.165) is 5.56 Å². The number of halogens is 1. The number of ether oxygens (including phenoxy) is 1. The Balaban J connectivity index is 2.95. The van der Waals surface area contributed by atoms with Crippen LogP contribution in [-0.2, 0) is 4.74 Å². The van der Waals surface area contributed by atoms with E-state index in [1.165, 1.54) is 0 Å². The summed E-state index contributed by atoms with van der Waals surface area (Å²) in [6.07, 6.45) is 5.10. The van der Waals surface area contributed by atoms with Gasteiger partial charge < -0.3 is 10.1 Å². The van der Waals surface area contributed by atoms with Gasteiger partial charge in [0.15, 0.2) is 0 Å². The summed E-state index contributed by atoms with van der Waals surface area (Å²) in [4.78, 5) is 8.13. The Bertz CT molecular complexity index is 399. The molecule has 0 spiro atoms. The van der Waals surface area contributed by atoms with Gasteiger partial charge in [0.05, 0.1) is 12.9 Å². The zero-order valence-corrected chi connectivity index (χ0v) is 11.4. The van der Waals surface area contributed by atoms with Gasteiger partial charge in [-0.1, -0.05) is 0 Å². The van der Waals surface area contributed by atoms with E-state index in [1.807, 2.05) is 13.0 Å². The van der Waals surface area contributed by atoms with Crippen molar-refractivity contribution in [2.24, 2.45) is 0 Å². The molecule has 0 amide bonds. The molecule has 0 aliphatic heterocycles. The highest BCUT2D eigenvalue weighted by atomic mass is 35.5. The second-order valence-corrected chi connectivity index (χ2v) is 4.91. The third kappa shape index (κ3) is 5.04. The molecule has 5 heteroatoms. The predicted octanol–water partition coefficient (Wildman–Crippen LogP) is 3.35. The van der Waals surface area contributed by atoms with Crippen molar-refractivity contribution in [3.8, 4) is 0 Å². The first kappa shape index (κ1) is 13.8. The van der Waals surface area contributed by atoms with Crippen LogP contribution in [0.3, 0.4) is 0 Å². The lowest BCUT2D eigenvalue weighted by atomic mass is 10.1. The van der Waals surface area contributed by atoms with Crippen LogP contribution in [-0.4, -0.2) is 22.1 Å². The standard InChI is InChI=1S/C12H18ClN3O/c1-5-17-7-6-9-8-14-11(13)15-10(9)16-12(2,3)4/h6-8H,5H2,1-4H3,(H,14,15,16). The van der Waals surface area contributed by atoms with Crippen LogP contribution in [0.2, 0.25) is 5.28 Å². The van der Waals surface area contributed by atoms with Crippen LogP contribution in [0, 0.1) is 0 Å². The van der Waals surface area contributed by atoms with Crippen molar-refractivity contribution in [1.29, 1.82) is 0 Å². The van der Waals surface area contributed by atoms with Crippen molar-refractivity contribution in [2.75, 3.05) is 11.9 Å². The van der Waals surface area contributed by atoms with Crippen LogP contribution in [0.25, 0.3) is 6.08 Å². The van der Waals surface area contributed by atoms with Crippen molar-refractivity contribution < 1.29 is 4.74 Å². The molecule has 0 radical (unpaired) electrons. The van der Waals surface area contributed by atoms with E-state index in [9.17, 15) is 0 Å². The van der Waals surface area contributed by atoms with Gasteiger partial charge in [-0.15, -0.1) is 0 Å². The van der Waals surface area contributed by atoms with E-state index < -0.39 is 0 Å². The SMILES string of the molecule is CCOC=Cc1cnc(Cl)nc1NC(C)(C)C. The molecule has 1 aromatic heterocycles. The van der Waals surface area contributed by atoms with Crippen LogP contribution in [0.1, 0.15) is 33.3 Å². The Morgan fingerprint density at radius 1 is 1.47 bits per heavy atom. The van der Waals surface area contributed by atoms with Crippen LogP contribution in [0.15, 0.2) is 12.5 Å².